The number of nitrogens with one attached hydrogen (secondary N) is 1. The predicted molar refractivity (Wildman–Crippen MR) is 125 cm³/mol. The van der Waals surface area contributed by atoms with Gasteiger partial charge in [-0.05, 0) is 49.7 Å². The number of hydrogen-bond donors (Lipinski definition) is 1. The fourth-order valence-corrected chi connectivity index (χ4v) is 5.16. The van der Waals surface area contributed by atoms with Gasteiger partial charge in [0, 0.05) is 10.6 Å². The summed E-state index contributed by atoms with van der Waals surface area (Å²) < 4.78 is 40.2. The number of hydrogen-bond acceptors (Lipinski definition) is 5. The van der Waals surface area contributed by atoms with E-state index >= 15 is 0 Å². The highest BCUT2D eigenvalue weighted by molar-refractivity contribution is 7.99. The Morgan fingerprint density at radius 2 is 1.85 bits per heavy atom. The second kappa shape index (κ2) is 9.03. The number of alkyl halides is 3. The van der Waals surface area contributed by atoms with Crippen molar-refractivity contribution >= 4 is 44.9 Å². The molecule has 2 heterocycles. The summed E-state index contributed by atoms with van der Waals surface area (Å²) in [6.07, 6.45) is -4.50. The molecule has 2 aromatic heterocycles. The number of halogens is 3. The van der Waals surface area contributed by atoms with Crippen LogP contribution in [0, 0.1) is 13.8 Å². The SMILES string of the molecule is Cc1sc2nc(SCC(=O)Nc3cccc(C(F)(F)F)c3)n(-c3ccccc3)c(=O)c2c1C. The minimum absolute atomic E-state index is 0.0452. The lowest BCUT2D eigenvalue weighted by atomic mass is 10.2. The maximum absolute atomic E-state index is 13.4. The molecule has 0 spiro atoms. The number of para-hydroxylation sites is 1. The van der Waals surface area contributed by atoms with Crippen LogP contribution in [0.15, 0.2) is 64.5 Å². The van der Waals surface area contributed by atoms with Crippen LogP contribution in [0.1, 0.15) is 16.0 Å². The second-order valence-electron chi connectivity index (χ2n) is 7.25. The molecule has 4 aromatic rings. The van der Waals surface area contributed by atoms with Gasteiger partial charge in [-0.15, -0.1) is 11.3 Å². The number of fused-ring (bicyclic) bond motifs is 1. The zero-order valence-electron chi connectivity index (χ0n) is 17.6. The predicted octanol–water partition coefficient (Wildman–Crippen LogP) is 5.81. The van der Waals surface area contributed by atoms with Crippen molar-refractivity contribution in [2.75, 3.05) is 11.1 Å². The first-order valence-electron chi connectivity index (χ1n) is 9.83. The van der Waals surface area contributed by atoms with E-state index in [2.05, 4.69) is 10.3 Å². The van der Waals surface area contributed by atoms with Gasteiger partial charge in [0.05, 0.1) is 22.4 Å². The Bertz CT molecular complexity index is 1400. The highest BCUT2D eigenvalue weighted by Gasteiger charge is 2.30. The van der Waals surface area contributed by atoms with E-state index in [1.54, 1.807) is 24.3 Å². The van der Waals surface area contributed by atoms with Crippen LogP contribution in [0.25, 0.3) is 15.9 Å². The van der Waals surface area contributed by atoms with E-state index in [1.807, 2.05) is 19.9 Å². The molecule has 0 atom stereocenters. The summed E-state index contributed by atoms with van der Waals surface area (Å²) in [5.74, 6) is -0.642. The number of benzene rings is 2. The highest BCUT2D eigenvalue weighted by atomic mass is 32.2. The van der Waals surface area contributed by atoms with Crippen LogP contribution in [-0.4, -0.2) is 21.2 Å². The van der Waals surface area contributed by atoms with Crippen LogP contribution in [0.2, 0.25) is 0 Å². The van der Waals surface area contributed by atoms with Crippen molar-refractivity contribution in [3.63, 3.8) is 0 Å². The summed E-state index contributed by atoms with van der Waals surface area (Å²) in [5.41, 5.74) is 0.455. The maximum Gasteiger partial charge on any atom is 0.416 e. The van der Waals surface area contributed by atoms with Crippen molar-refractivity contribution in [2.24, 2.45) is 0 Å². The Hall–Kier alpha value is -3.11. The summed E-state index contributed by atoms with van der Waals surface area (Å²) in [6.45, 7) is 3.80. The normalized spacial score (nSPS) is 11.7. The number of nitrogens with zero attached hydrogens (tertiary/aromatic N) is 2. The Morgan fingerprint density at radius 1 is 1.12 bits per heavy atom. The van der Waals surface area contributed by atoms with Crippen LogP contribution in [0.4, 0.5) is 18.9 Å². The molecule has 0 fully saturated rings. The molecule has 10 heteroatoms. The first-order chi connectivity index (χ1) is 15.6. The van der Waals surface area contributed by atoms with Crippen LogP contribution in [0.3, 0.4) is 0 Å². The second-order valence-corrected chi connectivity index (χ2v) is 9.39. The van der Waals surface area contributed by atoms with Gasteiger partial charge in [-0.2, -0.15) is 13.2 Å². The van der Waals surface area contributed by atoms with Gasteiger partial charge >= 0.3 is 6.18 Å². The topological polar surface area (TPSA) is 64.0 Å². The molecule has 0 unspecified atom stereocenters. The van der Waals surface area contributed by atoms with Gasteiger partial charge in [0.1, 0.15) is 4.83 Å². The van der Waals surface area contributed by atoms with Crippen LogP contribution >= 0.6 is 23.1 Å². The van der Waals surface area contributed by atoms with Gasteiger partial charge in [-0.1, -0.05) is 36.0 Å². The average molecular weight is 490 g/mol. The summed E-state index contributed by atoms with van der Waals surface area (Å²) >= 11 is 2.45. The minimum atomic E-state index is -4.50. The standard InChI is InChI=1S/C23H18F3N3O2S2/c1-13-14(2)33-20-19(13)21(31)29(17-9-4-3-5-10-17)22(28-20)32-12-18(30)27-16-8-6-7-15(11-16)23(24,25)26/h3-11H,12H2,1-2H3,(H,27,30). The highest BCUT2D eigenvalue weighted by Crippen LogP contribution is 2.31. The number of anilines is 1. The first kappa shape index (κ1) is 23.1. The van der Waals surface area contributed by atoms with Crippen molar-refractivity contribution in [3.8, 4) is 5.69 Å². The number of carbonyl (C=O) groups excluding carboxylic acids is 1. The fraction of sp³-hybridized carbons (Fsp3) is 0.174. The van der Waals surface area contributed by atoms with Gasteiger partial charge < -0.3 is 5.32 Å². The molecule has 4 rings (SSSR count). The van der Waals surface area contributed by atoms with Crippen molar-refractivity contribution in [1.29, 1.82) is 0 Å². The number of rotatable bonds is 5. The number of thioether (sulfide) groups is 1. The third-order valence-corrected chi connectivity index (χ3v) is 7.03. The summed E-state index contributed by atoms with van der Waals surface area (Å²) in [6, 6.07) is 13.4. The van der Waals surface area contributed by atoms with E-state index in [1.165, 1.54) is 28.0 Å². The van der Waals surface area contributed by atoms with E-state index < -0.39 is 17.6 Å². The molecule has 0 aliphatic carbocycles. The number of thiophene rings is 1. The molecule has 1 N–H and O–H groups in total. The molecule has 170 valence electrons. The molecule has 33 heavy (non-hydrogen) atoms. The van der Waals surface area contributed by atoms with E-state index in [-0.39, 0.29) is 17.0 Å². The molecule has 0 saturated carbocycles. The molecular formula is C23H18F3N3O2S2. The van der Waals surface area contributed by atoms with Gasteiger partial charge in [-0.25, -0.2) is 4.98 Å². The monoisotopic (exact) mass is 489 g/mol. The molecule has 0 aliphatic rings. The zero-order chi connectivity index (χ0) is 23.8. The fourth-order valence-electron chi connectivity index (χ4n) is 3.28. The van der Waals surface area contributed by atoms with Gasteiger partial charge in [-0.3, -0.25) is 14.2 Å². The van der Waals surface area contributed by atoms with E-state index in [0.29, 0.717) is 21.1 Å². The van der Waals surface area contributed by atoms with Crippen LogP contribution < -0.4 is 10.9 Å². The van der Waals surface area contributed by atoms with Crippen LogP contribution in [0.5, 0.6) is 0 Å². The summed E-state index contributed by atoms with van der Waals surface area (Å²) in [5, 5.41) is 3.35. The zero-order valence-corrected chi connectivity index (χ0v) is 19.2. The first-order valence-corrected chi connectivity index (χ1v) is 11.6. The maximum atomic E-state index is 13.4. The largest absolute Gasteiger partial charge is 0.416 e. The third kappa shape index (κ3) is 4.81. The molecule has 2 aromatic carbocycles. The molecule has 0 aliphatic heterocycles. The molecular weight excluding hydrogens is 471 g/mol. The number of carbonyl (C=O) groups is 1. The lowest BCUT2D eigenvalue weighted by molar-refractivity contribution is -0.137. The van der Waals surface area contributed by atoms with Crippen molar-refractivity contribution in [1.82, 2.24) is 9.55 Å². The van der Waals surface area contributed by atoms with Crippen LogP contribution in [-0.2, 0) is 11.0 Å². The molecule has 0 radical (unpaired) electrons. The number of amides is 1. The van der Waals surface area contributed by atoms with Gasteiger partial charge in [0.15, 0.2) is 5.16 Å². The van der Waals surface area contributed by atoms with Crippen molar-refractivity contribution < 1.29 is 18.0 Å². The van der Waals surface area contributed by atoms with Gasteiger partial charge in [0.2, 0.25) is 5.91 Å². The average Bonchev–Trinajstić information content (AvgIpc) is 3.06. The van der Waals surface area contributed by atoms with Gasteiger partial charge in [0.25, 0.3) is 5.56 Å². The van der Waals surface area contributed by atoms with Crippen molar-refractivity contribution in [3.05, 3.63) is 81.0 Å². The summed E-state index contributed by atoms with van der Waals surface area (Å²) in [7, 11) is 0. The lowest BCUT2D eigenvalue weighted by Gasteiger charge is -2.13. The molecule has 0 bridgehead atoms. The van der Waals surface area contributed by atoms with E-state index in [9.17, 15) is 22.8 Å². The Morgan fingerprint density at radius 3 is 2.55 bits per heavy atom. The summed E-state index contributed by atoms with van der Waals surface area (Å²) in [4.78, 5) is 32.0. The third-order valence-electron chi connectivity index (χ3n) is 4.99. The Labute approximate surface area is 195 Å². The smallest absolute Gasteiger partial charge is 0.325 e. The quantitative estimate of drug-likeness (QED) is 0.284. The van der Waals surface area contributed by atoms with Crippen molar-refractivity contribution in [2.45, 2.75) is 25.2 Å². The number of aryl methyl sites for hydroxylation is 2. The molecule has 0 saturated heterocycles. The molecule has 5 nitrogen and oxygen atoms in total. The van der Waals surface area contributed by atoms with E-state index in [0.717, 1.165) is 34.3 Å². The minimum Gasteiger partial charge on any atom is -0.325 e. The number of aromatic nitrogens is 2. The Balaban J connectivity index is 1.64. The van der Waals surface area contributed by atoms with E-state index in [4.69, 9.17) is 0 Å². The lowest BCUT2D eigenvalue weighted by Crippen LogP contribution is -2.22. The Kier molecular flexibility index (Phi) is 6.31. The molecule has 1 amide bonds.